The Balaban J connectivity index is 1.60. The fraction of sp³-hybridized carbons (Fsp3) is 0.333. The Bertz CT molecular complexity index is 661. The molecule has 0 aliphatic carbocycles. The molecule has 0 spiro atoms. The molecule has 1 aromatic heterocycles. The fourth-order valence-corrected chi connectivity index (χ4v) is 2.76. The minimum Gasteiger partial charge on any atom is -0.351 e. The lowest BCUT2D eigenvalue weighted by Crippen LogP contribution is -2.40. The van der Waals surface area contributed by atoms with Gasteiger partial charge in [-0.3, -0.25) is 4.79 Å². The van der Waals surface area contributed by atoms with Gasteiger partial charge in [0.15, 0.2) is 0 Å². The van der Waals surface area contributed by atoms with Crippen LogP contribution in [0.1, 0.15) is 27.7 Å². The van der Waals surface area contributed by atoms with Crippen molar-refractivity contribution in [1.82, 2.24) is 10.5 Å². The molecule has 1 saturated heterocycles. The molecular weight excluding hydrogens is 254 g/mol. The van der Waals surface area contributed by atoms with E-state index in [1.54, 1.807) is 11.0 Å². The highest BCUT2D eigenvalue weighted by atomic mass is 16.5. The largest absolute Gasteiger partial charge is 0.351 e. The summed E-state index contributed by atoms with van der Waals surface area (Å²) in [6, 6.07) is 9.79. The number of nitrogens with zero attached hydrogens (tertiary/aromatic N) is 2. The molecular formula is C15H15N3O2. The summed E-state index contributed by atoms with van der Waals surface area (Å²) in [4.78, 5) is 14.3. The van der Waals surface area contributed by atoms with Gasteiger partial charge in [0.1, 0.15) is 0 Å². The molecule has 2 aliphatic rings. The van der Waals surface area contributed by atoms with Gasteiger partial charge >= 0.3 is 0 Å². The van der Waals surface area contributed by atoms with E-state index in [1.807, 2.05) is 18.2 Å². The topological polar surface area (TPSA) is 58.4 Å². The molecule has 1 amide bonds. The maximum Gasteiger partial charge on any atom is 0.296 e. The van der Waals surface area contributed by atoms with Crippen molar-refractivity contribution in [3.05, 3.63) is 47.3 Å². The van der Waals surface area contributed by atoms with Crippen LogP contribution >= 0.6 is 0 Å². The lowest BCUT2D eigenvalue weighted by Gasteiger charge is -2.24. The summed E-state index contributed by atoms with van der Waals surface area (Å²) >= 11 is 0. The zero-order valence-corrected chi connectivity index (χ0v) is 11.0. The Morgan fingerprint density at radius 1 is 1.35 bits per heavy atom. The minimum absolute atomic E-state index is 0.0963. The molecule has 0 saturated carbocycles. The van der Waals surface area contributed by atoms with Crippen LogP contribution in [0.5, 0.6) is 0 Å². The number of anilines is 1. The summed E-state index contributed by atoms with van der Waals surface area (Å²) in [5.74, 6) is 0.621. The van der Waals surface area contributed by atoms with Crippen molar-refractivity contribution in [3.63, 3.8) is 0 Å². The number of fused-ring (bicyclic) bond motifs is 1. The number of hydrogen-bond acceptors (Lipinski definition) is 4. The third kappa shape index (κ3) is 1.74. The molecule has 0 bridgehead atoms. The molecule has 4 rings (SSSR count). The maximum atomic E-state index is 12.5. The van der Waals surface area contributed by atoms with Crippen LogP contribution in [0.2, 0.25) is 0 Å². The third-order valence-electron chi connectivity index (χ3n) is 4.07. The van der Waals surface area contributed by atoms with Crippen LogP contribution in [0.15, 0.2) is 34.9 Å². The third-order valence-corrected chi connectivity index (χ3v) is 4.07. The standard InChI is InChI=1S/C15H15N3O2/c19-15(14-7-12(17-20-14)11-8-16-9-11)18-6-5-10-3-1-2-4-13(10)18/h1-4,7,11,16H,5-6,8-9H2. The first kappa shape index (κ1) is 11.7. The predicted octanol–water partition coefficient (Wildman–Crippen LogP) is 1.56. The first-order valence-electron chi connectivity index (χ1n) is 6.90. The Morgan fingerprint density at radius 2 is 2.20 bits per heavy atom. The highest BCUT2D eigenvalue weighted by molar-refractivity contribution is 6.05. The van der Waals surface area contributed by atoms with Gasteiger partial charge < -0.3 is 14.7 Å². The van der Waals surface area contributed by atoms with Crippen molar-refractivity contribution in [1.29, 1.82) is 0 Å². The number of carbonyl (C=O) groups is 1. The van der Waals surface area contributed by atoms with Gasteiger partial charge in [-0.1, -0.05) is 23.4 Å². The summed E-state index contributed by atoms with van der Waals surface area (Å²) in [6.07, 6.45) is 0.898. The molecule has 2 aliphatic heterocycles. The minimum atomic E-state index is -0.0963. The number of rotatable bonds is 2. The lowest BCUT2D eigenvalue weighted by atomic mass is 9.99. The Kier molecular flexibility index (Phi) is 2.60. The van der Waals surface area contributed by atoms with Crippen LogP contribution in [0.25, 0.3) is 0 Å². The zero-order valence-electron chi connectivity index (χ0n) is 11.0. The molecule has 0 atom stereocenters. The molecule has 1 N–H and O–H groups in total. The molecule has 3 heterocycles. The monoisotopic (exact) mass is 269 g/mol. The van der Waals surface area contributed by atoms with Crippen molar-refractivity contribution in [3.8, 4) is 0 Å². The smallest absolute Gasteiger partial charge is 0.296 e. The van der Waals surface area contributed by atoms with Gasteiger partial charge in [-0.25, -0.2) is 0 Å². The van der Waals surface area contributed by atoms with Crippen molar-refractivity contribution >= 4 is 11.6 Å². The lowest BCUT2D eigenvalue weighted by molar-refractivity contribution is 0.0953. The fourth-order valence-electron chi connectivity index (χ4n) is 2.76. The Morgan fingerprint density at radius 3 is 3.00 bits per heavy atom. The highest BCUT2D eigenvalue weighted by Gasteiger charge is 2.29. The van der Waals surface area contributed by atoms with E-state index in [9.17, 15) is 4.79 Å². The molecule has 1 fully saturated rings. The van der Waals surface area contributed by atoms with E-state index in [4.69, 9.17) is 4.52 Å². The summed E-state index contributed by atoms with van der Waals surface area (Å²) in [5.41, 5.74) is 3.07. The van der Waals surface area contributed by atoms with E-state index >= 15 is 0 Å². The maximum absolute atomic E-state index is 12.5. The molecule has 5 nitrogen and oxygen atoms in total. The molecule has 0 unspecified atom stereocenters. The van der Waals surface area contributed by atoms with E-state index in [0.717, 1.165) is 30.9 Å². The number of aromatic nitrogens is 1. The number of carbonyl (C=O) groups excluding carboxylic acids is 1. The molecule has 0 radical (unpaired) electrons. The van der Waals surface area contributed by atoms with Gasteiger partial charge in [0.2, 0.25) is 5.76 Å². The van der Waals surface area contributed by atoms with E-state index in [1.165, 1.54) is 5.56 Å². The van der Waals surface area contributed by atoms with E-state index in [0.29, 0.717) is 18.2 Å². The van der Waals surface area contributed by atoms with Crippen molar-refractivity contribution in [2.75, 3.05) is 24.5 Å². The second-order valence-corrected chi connectivity index (χ2v) is 5.31. The average molecular weight is 269 g/mol. The Labute approximate surface area is 116 Å². The number of nitrogens with one attached hydrogen (secondary N) is 1. The van der Waals surface area contributed by atoms with E-state index < -0.39 is 0 Å². The van der Waals surface area contributed by atoms with Crippen molar-refractivity contribution in [2.24, 2.45) is 0 Å². The molecule has 5 heteroatoms. The number of benzene rings is 1. The molecule has 20 heavy (non-hydrogen) atoms. The quantitative estimate of drug-likeness (QED) is 0.899. The van der Waals surface area contributed by atoms with Gasteiger partial charge in [-0.05, 0) is 18.1 Å². The second-order valence-electron chi connectivity index (χ2n) is 5.31. The van der Waals surface area contributed by atoms with Crippen LogP contribution in [-0.4, -0.2) is 30.7 Å². The van der Waals surface area contributed by atoms with Gasteiger partial charge in [0.05, 0.1) is 5.69 Å². The van der Waals surface area contributed by atoms with Gasteiger partial charge in [-0.2, -0.15) is 0 Å². The average Bonchev–Trinajstić information content (AvgIpc) is 3.02. The SMILES string of the molecule is O=C(c1cc(C2CNC2)no1)N1CCc2ccccc21. The van der Waals surface area contributed by atoms with Gasteiger partial charge in [0.25, 0.3) is 5.91 Å². The number of hydrogen-bond donors (Lipinski definition) is 1. The first-order valence-corrected chi connectivity index (χ1v) is 6.90. The van der Waals surface area contributed by atoms with Crippen LogP contribution in [0.4, 0.5) is 5.69 Å². The molecule has 2 aromatic rings. The summed E-state index contributed by atoms with van der Waals surface area (Å²) in [7, 11) is 0. The summed E-state index contributed by atoms with van der Waals surface area (Å²) in [6.45, 7) is 2.53. The second kappa shape index (κ2) is 4.45. The number of para-hydroxylation sites is 1. The summed E-state index contributed by atoms with van der Waals surface area (Å²) < 4.78 is 5.24. The first-order chi connectivity index (χ1) is 9.83. The van der Waals surface area contributed by atoms with Crippen LogP contribution in [0, 0.1) is 0 Å². The molecule has 102 valence electrons. The highest BCUT2D eigenvalue weighted by Crippen LogP contribution is 2.29. The van der Waals surface area contributed by atoms with Gasteiger partial charge in [-0.15, -0.1) is 0 Å². The van der Waals surface area contributed by atoms with E-state index in [2.05, 4.69) is 16.5 Å². The number of amides is 1. The predicted molar refractivity (Wildman–Crippen MR) is 73.9 cm³/mol. The Hall–Kier alpha value is -2.14. The normalized spacial score (nSPS) is 17.9. The summed E-state index contributed by atoms with van der Waals surface area (Å²) in [5, 5.41) is 7.21. The van der Waals surface area contributed by atoms with E-state index in [-0.39, 0.29) is 5.91 Å². The van der Waals surface area contributed by atoms with Crippen LogP contribution in [0.3, 0.4) is 0 Å². The van der Waals surface area contributed by atoms with Crippen molar-refractivity contribution < 1.29 is 9.32 Å². The van der Waals surface area contributed by atoms with Gasteiger partial charge in [0, 0.05) is 37.3 Å². The zero-order chi connectivity index (χ0) is 13.5. The molecule has 1 aromatic carbocycles. The van der Waals surface area contributed by atoms with Crippen LogP contribution < -0.4 is 10.2 Å². The van der Waals surface area contributed by atoms with Crippen molar-refractivity contribution in [2.45, 2.75) is 12.3 Å². The van der Waals surface area contributed by atoms with Crippen LogP contribution in [-0.2, 0) is 6.42 Å².